The quantitative estimate of drug-likeness (QED) is 0.0373. The second-order valence-corrected chi connectivity index (χ2v) is 25.3. The van der Waals surface area contributed by atoms with E-state index in [9.17, 15) is 14.7 Å². The van der Waals surface area contributed by atoms with Crippen LogP contribution in [0.25, 0.3) is 0 Å². The van der Waals surface area contributed by atoms with Gasteiger partial charge in [0.15, 0.2) is 6.10 Å². The number of rotatable bonds is 70. The van der Waals surface area contributed by atoms with E-state index in [2.05, 4.69) is 160 Å². The number of carbonyl (C=O) groups is 2. The van der Waals surface area contributed by atoms with Gasteiger partial charge in [0, 0.05) is 12.8 Å². The number of aliphatic hydroxyl groups excluding tert-OH is 1. The number of hydrogen-bond donors (Lipinski definition) is 1. The van der Waals surface area contributed by atoms with Gasteiger partial charge in [0.2, 0.25) is 0 Å². The van der Waals surface area contributed by atoms with E-state index in [4.69, 9.17) is 9.47 Å². The summed E-state index contributed by atoms with van der Waals surface area (Å²) in [4.78, 5) is 24.7. The molecule has 0 aliphatic heterocycles. The summed E-state index contributed by atoms with van der Waals surface area (Å²) in [6.45, 7) is 4.04. The fraction of sp³-hybridized carbons (Fsp3) is 0.694. The molecule has 0 aliphatic rings. The van der Waals surface area contributed by atoms with E-state index in [1.54, 1.807) is 0 Å². The summed E-state index contributed by atoms with van der Waals surface area (Å²) in [6, 6.07) is 0. The average molecular weight is 1250 g/mol. The Morgan fingerprint density at radius 3 is 0.722 bits per heavy atom. The molecule has 1 N–H and O–H groups in total. The van der Waals surface area contributed by atoms with E-state index in [1.807, 2.05) is 0 Å². The molecule has 0 fully saturated rings. The molecule has 0 aliphatic carbocycles. The van der Waals surface area contributed by atoms with Crippen molar-refractivity contribution in [2.45, 2.75) is 367 Å². The SMILES string of the molecule is CC/C=C\C/C=C\C/C=C\C/C=C\C/C=C\C/C=C\C/C=C\C/C=C\C/C=C\C/C=C\CCCCCCCCCCC(=O)OC(CO)COC(=O)CCCCCCCCCCCCCCCCCCCCCCCCCCC/C=C\C/C=C\CCCCCCC. The highest BCUT2D eigenvalue weighted by Crippen LogP contribution is 2.18. The topological polar surface area (TPSA) is 72.8 Å². The summed E-state index contributed by atoms with van der Waals surface area (Å²) >= 11 is 0. The van der Waals surface area contributed by atoms with Gasteiger partial charge < -0.3 is 14.6 Å². The Bertz CT molecular complexity index is 1850. The predicted octanol–water partition coefficient (Wildman–Crippen LogP) is 27.2. The normalized spacial score (nSPS) is 13.1. The van der Waals surface area contributed by atoms with Crippen molar-refractivity contribution in [3.8, 4) is 0 Å². The largest absolute Gasteiger partial charge is 0.462 e. The number of hydrogen-bond acceptors (Lipinski definition) is 5. The molecule has 0 aromatic rings. The van der Waals surface area contributed by atoms with Crippen LogP contribution in [0, 0.1) is 0 Å². The fourth-order valence-corrected chi connectivity index (χ4v) is 10.9. The Labute approximate surface area is 558 Å². The first-order chi connectivity index (χ1) is 44.6. The van der Waals surface area contributed by atoms with Gasteiger partial charge in [0.05, 0.1) is 6.61 Å². The molecule has 0 spiro atoms. The smallest absolute Gasteiger partial charge is 0.306 e. The van der Waals surface area contributed by atoms with Crippen molar-refractivity contribution in [2.24, 2.45) is 0 Å². The first-order valence-corrected chi connectivity index (χ1v) is 38.4. The molecule has 0 heterocycles. The molecule has 0 rings (SSSR count). The Balaban J connectivity index is 3.50. The average Bonchev–Trinajstić information content (AvgIpc) is 3.59. The van der Waals surface area contributed by atoms with Gasteiger partial charge in [0.25, 0.3) is 0 Å². The van der Waals surface area contributed by atoms with Crippen LogP contribution in [0.3, 0.4) is 0 Å². The molecule has 0 saturated heterocycles. The molecular formula is C85H144O5. The first kappa shape index (κ1) is 85.8. The third kappa shape index (κ3) is 76.2. The summed E-state index contributed by atoms with van der Waals surface area (Å²) in [5, 5.41) is 9.72. The van der Waals surface area contributed by atoms with Gasteiger partial charge in [-0.25, -0.2) is 0 Å². The van der Waals surface area contributed by atoms with E-state index in [0.29, 0.717) is 12.8 Å². The lowest BCUT2D eigenvalue weighted by Gasteiger charge is -2.15. The minimum absolute atomic E-state index is 0.0730. The summed E-state index contributed by atoms with van der Waals surface area (Å²) in [7, 11) is 0. The molecule has 0 saturated carbocycles. The van der Waals surface area contributed by atoms with Crippen molar-refractivity contribution >= 4 is 11.9 Å². The maximum absolute atomic E-state index is 12.4. The number of allylic oxidation sites excluding steroid dienone is 24. The number of esters is 2. The van der Waals surface area contributed by atoms with Crippen LogP contribution in [0.1, 0.15) is 361 Å². The zero-order chi connectivity index (χ0) is 64.7. The molecule has 1 unspecified atom stereocenters. The highest BCUT2D eigenvalue weighted by molar-refractivity contribution is 5.70. The molecule has 514 valence electrons. The van der Waals surface area contributed by atoms with E-state index >= 15 is 0 Å². The van der Waals surface area contributed by atoms with Gasteiger partial charge in [-0.05, 0) is 122 Å². The highest BCUT2D eigenvalue weighted by Gasteiger charge is 2.16. The van der Waals surface area contributed by atoms with Gasteiger partial charge >= 0.3 is 11.9 Å². The van der Waals surface area contributed by atoms with Crippen LogP contribution in [-0.4, -0.2) is 36.4 Å². The number of carbonyl (C=O) groups excluding carboxylic acids is 2. The van der Waals surface area contributed by atoms with Gasteiger partial charge in [-0.3, -0.25) is 9.59 Å². The molecule has 0 aromatic carbocycles. The lowest BCUT2D eigenvalue weighted by molar-refractivity contribution is -0.161. The maximum atomic E-state index is 12.4. The van der Waals surface area contributed by atoms with Crippen LogP contribution in [0.5, 0.6) is 0 Å². The molecule has 1 atom stereocenters. The van der Waals surface area contributed by atoms with E-state index in [-0.39, 0.29) is 25.2 Å². The van der Waals surface area contributed by atoms with E-state index < -0.39 is 6.10 Å². The second kappa shape index (κ2) is 79.0. The summed E-state index contributed by atoms with van der Waals surface area (Å²) in [5.41, 5.74) is 0. The van der Waals surface area contributed by atoms with Gasteiger partial charge in [-0.1, -0.05) is 372 Å². The number of unbranched alkanes of at least 4 members (excludes halogenated alkanes) is 38. The monoisotopic (exact) mass is 1250 g/mol. The van der Waals surface area contributed by atoms with Crippen molar-refractivity contribution in [2.75, 3.05) is 13.2 Å². The van der Waals surface area contributed by atoms with Crippen LogP contribution in [0.4, 0.5) is 0 Å². The third-order valence-corrected chi connectivity index (χ3v) is 16.6. The predicted molar refractivity (Wildman–Crippen MR) is 398 cm³/mol. The molecular weight excluding hydrogens is 1100 g/mol. The van der Waals surface area contributed by atoms with E-state index in [1.165, 1.54) is 218 Å². The second-order valence-electron chi connectivity index (χ2n) is 25.3. The Morgan fingerprint density at radius 1 is 0.267 bits per heavy atom. The summed E-state index contributed by atoms with van der Waals surface area (Å²) in [6.07, 6.45) is 119. The van der Waals surface area contributed by atoms with Crippen molar-refractivity contribution in [3.05, 3.63) is 146 Å². The maximum Gasteiger partial charge on any atom is 0.306 e. The van der Waals surface area contributed by atoms with Crippen LogP contribution >= 0.6 is 0 Å². The van der Waals surface area contributed by atoms with Gasteiger partial charge in [-0.2, -0.15) is 0 Å². The number of ether oxygens (including phenoxy) is 2. The summed E-state index contributed by atoms with van der Waals surface area (Å²) in [5.74, 6) is -0.594. The lowest BCUT2D eigenvalue weighted by atomic mass is 10.0. The molecule has 0 radical (unpaired) electrons. The van der Waals surface area contributed by atoms with Gasteiger partial charge in [0.1, 0.15) is 6.61 Å². The molecule has 5 heteroatoms. The van der Waals surface area contributed by atoms with Crippen molar-refractivity contribution < 1.29 is 24.2 Å². The van der Waals surface area contributed by atoms with Crippen LogP contribution in [0.15, 0.2) is 146 Å². The van der Waals surface area contributed by atoms with Crippen LogP contribution in [0.2, 0.25) is 0 Å². The number of aliphatic hydroxyl groups is 1. The third-order valence-electron chi connectivity index (χ3n) is 16.6. The Hall–Kier alpha value is -4.22. The zero-order valence-electron chi connectivity index (χ0n) is 59.1. The molecule has 0 amide bonds. The van der Waals surface area contributed by atoms with Crippen molar-refractivity contribution in [1.82, 2.24) is 0 Å². The van der Waals surface area contributed by atoms with Crippen LogP contribution in [-0.2, 0) is 19.1 Å². The Morgan fingerprint density at radius 2 is 0.478 bits per heavy atom. The standard InChI is InChI=1S/C85H144O5/c1-3-5-7-9-11-13-15-17-19-21-23-25-27-29-31-33-35-37-39-41-42-44-46-48-50-52-54-56-58-60-62-64-66-68-70-72-74-76-78-80-85(88)90-83(81-86)82-89-84(87)79-77-75-73-71-69-67-65-63-61-59-57-55-53-51-49-47-45-43-40-38-36-34-32-30-28-26-24-22-20-18-16-14-12-10-8-6-4-2/h5,7,11,13,16-19,22-25,29,31,35,37,41-42,46,48,52,54,58,60,83,86H,3-4,6,8-10,12,14-15,20-21,26-28,30,32-34,36,38-40,43-45,47,49-51,53,55-57,59,61-82H2,1-2H3/b7-5-,13-11-,18-16-,19-17-,24-22-,25-23-,31-29-,37-35-,42-41-,48-46-,54-52-,60-58-. The first-order valence-electron chi connectivity index (χ1n) is 38.4. The lowest BCUT2D eigenvalue weighted by Crippen LogP contribution is -2.28. The fourth-order valence-electron chi connectivity index (χ4n) is 10.9. The van der Waals surface area contributed by atoms with Crippen LogP contribution < -0.4 is 0 Å². The molecule has 90 heavy (non-hydrogen) atoms. The van der Waals surface area contributed by atoms with Crippen molar-refractivity contribution in [1.29, 1.82) is 0 Å². The summed E-state index contributed by atoms with van der Waals surface area (Å²) < 4.78 is 10.8. The van der Waals surface area contributed by atoms with Gasteiger partial charge in [-0.15, -0.1) is 0 Å². The molecule has 0 bridgehead atoms. The minimum atomic E-state index is -0.786. The molecule has 5 nitrogen and oxygen atoms in total. The Kier molecular flexibility index (Phi) is 75.3. The zero-order valence-corrected chi connectivity index (χ0v) is 59.1. The highest BCUT2D eigenvalue weighted by atomic mass is 16.6. The minimum Gasteiger partial charge on any atom is -0.462 e. The van der Waals surface area contributed by atoms with E-state index in [0.717, 1.165) is 116 Å². The molecule has 0 aromatic heterocycles. The van der Waals surface area contributed by atoms with Crippen molar-refractivity contribution in [3.63, 3.8) is 0 Å².